The van der Waals surface area contributed by atoms with Crippen LogP contribution in [0.25, 0.3) is 0 Å². The molecule has 1 aliphatic carbocycles. The van der Waals surface area contributed by atoms with E-state index < -0.39 is 0 Å². The Bertz CT molecular complexity index is 423. The van der Waals surface area contributed by atoms with Crippen LogP contribution in [0.1, 0.15) is 38.2 Å². The third-order valence-electron chi connectivity index (χ3n) is 4.01. The minimum Gasteiger partial charge on any atom is -0.397 e. The molecule has 2 N–H and O–H groups in total. The lowest BCUT2D eigenvalue weighted by Crippen LogP contribution is -2.28. The topological polar surface area (TPSA) is 62.7 Å². The van der Waals surface area contributed by atoms with Gasteiger partial charge in [-0.05, 0) is 42.2 Å². The zero-order valence-electron chi connectivity index (χ0n) is 10.4. The van der Waals surface area contributed by atoms with Crippen molar-refractivity contribution in [1.29, 1.82) is 5.26 Å². The molecule has 0 saturated heterocycles. The average molecular weight is 229 g/mol. The van der Waals surface area contributed by atoms with Crippen molar-refractivity contribution in [3.8, 4) is 6.07 Å². The molecule has 0 bridgehead atoms. The number of nitrogen functional groups attached to an aromatic ring is 1. The lowest BCUT2D eigenvalue weighted by atomic mass is 9.68. The smallest absolute Gasteiger partial charge is 0.0661 e. The molecule has 0 spiro atoms. The highest BCUT2D eigenvalue weighted by Crippen LogP contribution is 2.43. The molecule has 0 amide bonds. The molecule has 1 aromatic rings. The van der Waals surface area contributed by atoms with Gasteiger partial charge < -0.3 is 5.73 Å². The van der Waals surface area contributed by atoms with Gasteiger partial charge in [0.25, 0.3) is 0 Å². The minimum atomic E-state index is 0.189. The third-order valence-corrected chi connectivity index (χ3v) is 4.01. The van der Waals surface area contributed by atoms with Gasteiger partial charge in [-0.25, -0.2) is 0 Å². The van der Waals surface area contributed by atoms with Crippen LogP contribution in [0.4, 0.5) is 5.69 Å². The van der Waals surface area contributed by atoms with Crippen LogP contribution in [0.5, 0.6) is 0 Å². The summed E-state index contributed by atoms with van der Waals surface area (Å²) in [4.78, 5) is 4.03. The predicted octanol–water partition coefficient (Wildman–Crippen LogP) is 2.95. The number of nitrogens with two attached hydrogens (primary N) is 1. The Hall–Kier alpha value is -1.56. The normalized spacial score (nSPS) is 33.0. The Balaban J connectivity index is 2.21. The second kappa shape index (κ2) is 4.75. The van der Waals surface area contributed by atoms with Gasteiger partial charge in [-0.15, -0.1) is 0 Å². The Morgan fingerprint density at radius 2 is 2.00 bits per heavy atom. The zero-order chi connectivity index (χ0) is 12.4. The molecule has 1 fully saturated rings. The molecule has 4 atom stereocenters. The summed E-state index contributed by atoms with van der Waals surface area (Å²) in [5.41, 5.74) is 7.97. The fourth-order valence-corrected chi connectivity index (χ4v) is 3.15. The van der Waals surface area contributed by atoms with E-state index in [1.165, 1.54) is 5.56 Å². The van der Waals surface area contributed by atoms with Crippen molar-refractivity contribution in [2.45, 2.75) is 32.6 Å². The van der Waals surface area contributed by atoms with E-state index in [9.17, 15) is 0 Å². The highest BCUT2D eigenvalue weighted by atomic mass is 14.7. The summed E-state index contributed by atoms with van der Waals surface area (Å²) in [6, 6.07) is 4.47. The van der Waals surface area contributed by atoms with E-state index in [1.54, 1.807) is 12.4 Å². The van der Waals surface area contributed by atoms with E-state index >= 15 is 0 Å². The van der Waals surface area contributed by atoms with Crippen molar-refractivity contribution in [3.05, 3.63) is 24.0 Å². The van der Waals surface area contributed by atoms with E-state index in [2.05, 4.69) is 24.9 Å². The largest absolute Gasteiger partial charge is 0.397 e. The van der Waals surface area contributed by atoms with E-state index in [4.69, 9.17) is 11.0 Å². The van der Waals surface area contributed by atoms with Gasteiger partial charge in [-0.3, -0.25) is 4.98 Å². The Morgan fingerprint density at radius 1 is 1.35 bits per heavy atom. The van der Waals surface area contributed by atoms with Crippen LogP contribution in [0, 0.1) is 29.1 Å². The van der Waals surface area contributed by atoms with Crippen molar-refractivity contribution in [2.24, 2.45) is 17.8 Å². The SMILES string of the molecule is C[C@@H]1CC(c2ccncc2N)C[C@H](C)C1C#N. The molecule has 0 aromatic carbocycles. The lowest BCUT2D eigenvalue weighted by molar-refractivity contribution is 0.206. The van der Waals surface area contributed by atoms with Crippen LogP contribution in [0.3, 0.4) is 0 Å². The monoisotopic (exact) mass is 229 g/mol. The second-order valence-electron chi connectivity index (χ2n) is 5.28. The highest BCUT2D eigenvalue weighted by Gasteiger charge is 2.34. The van der Waals surface area contributed by atoms with Crippen LogP contribution in [0.2, 0.25) is 0 Å². The Kier molecular flexibility index (Phi) is 3.33. The molecule has 0 aliphatic heterocycles. The quantitative estimate of drug-likeness (QED) is 0.805. The fourth-order valence-electron chi connectivity index (χ4n) is 3.15. The number of hydrogen-bond acceptors (Lipinski definition) is 3. The van der Waals surface area contributed by atoms with Gasteiger partial charge in [0.05, 0.1) is 23.9 Å². The number of nitriles is 1. The van der Waals surface area contributed by atoms with E-state index in [-0.39, 0.29) is 5.92 Å². The number of nitrogens with zero attached hydrogens (tertiary/aromatic N) is 2. The first-order chi connectivity index (χ1) is 8.13. The summed E-state index contributed by atoms with van der Waals surface area (Å²) in [7, 11) is 0. The highest BCUT2D eigenvalue weighted by molar-refractivity contribution is 5.46. The maximum absolute atomic E-state index is 9.16. The molecule has 1 saturated carbocycles. The summed E-state index contributed by atoms with van der Waals surface area (Å²) in [5.74, 6) is 1.56. The van der Waals surface area contributed by atoms with E-state index in [0.29, 0.717) is 17.8 Å². The molecule has 17 heavy (non-hydrogen) atoms. The molecule has 3 heteroatoms. The molecule has 1 aliphatic rings. The van der Waals surface area contributed by atoms with Gasteiger partial charge in [0, 0.05) is 6.20 Å². The van der Waals surface area contributed by atoms with Crippen molar-refractivity contribution < 1.29 is 0 Å². The van der Waals surface area contributed by atoms with Crippen LogP contribution in [-0.4, -0.2) is 4.98 Å². The third kappa shape index (κ3) is 2.26. The minimum absolute atomic E-state index is 0.189. The number of rotatable bonds is 1. The first-order valence-corrected chi connectivity index (χ1v) is 6.22. The average Bonchev–Trinajstić information content (AvgIpc) is 2.29. The molecule has 1 aromatic heterocycles. The van der Waals surface area contributed by atoms with Crippen LogP contribution < -0.4 is 5.73 Å². The first-order valence-electron chi connectivity index (χ1n) is 6.22. The summed E-state index contributed by atoms with van der Waals surface area (Å²) in [5, 5.41) is 9.16. The maximum atomic E-state index is 9.16. The molecule has 90 valence electrons. The van der Waals surface area contributed by atoms with Crippen molar-refractivity contribution >= 4 is 5.69 Å². The van der Waals surface area contributed by atoms with Crippen molar-refractivity contribution in [1.82, 2.24) is 4.98 Å². The van der Waals surface area contributed by atoms with E-state index in [0.717, 1.165) is 18.5 Å². The van der Waals surface area contributed by atoms with E-state index in [1.807, 2.05) is 6.07 Å². The summed E-state index contributed by atoms with van der Waals surface area (Å²) < 4.78 is 0. The second-order valence-corrected chi connectivity index (χ2v) is 5.28. The van der Waals surface area contributed by atoms with Crippen molar-refractivity contribution in [3.63, 3.8) is 0 Å². The van der Waals surface area contributed by atoms with Crippen LogP contribution >= 0.6 is 0 Å². The van der Waals surface area contributed by atoms with Gasteiger partial charge in [0.15, 0.2) is 0 Å². The maximum Gasteiger partial charge on any atom is 0.0661 e. The number of aromatic nitrogens is 1. The van der Waals surface area contributed by atoms with Gasteiger partial charge in [0.1, 0.15) is 0 Å². The molecule has 0 radical (unpaired) electrons. The van der Waals surface area contributed by atoms with Gasteiger partial charge >= 0.3 is 0 Å². The molecule has 3 nitrogen and oxygen atoms in total. The predicted molar refractivity (Wildman–Crippen MR) is 68.1 cm³/mol. The van der Waals surface area contributed by atoms with Gasteiger partial charge in [-0.1, -0.05) is 13.8 Å². The molecule has 2 rings (SSSR count). The molecular weight excluding hydrogens is 210 g/mol. The van der Waals surface area contributed by atoms with Gasteiger partial charge in [-0.2, -0.15) is 5.26 Å². The molecule has 1 heterocycles. The lowest BCUT2D eigenvalue weighted by Gasteiger charge is -2.36. The van der Waals surface area contributed by atoms with Crippen LogP contribution in [-0.2, 0) is 0 Å². The zero-order valence-corrected chi connectivity index (χ0v) is 10.4. The fraction of sp³-hybridized carbons (Fsp3) is 0.571. The molecule has 2 unspecified atom stereocenters. The van der Waals surface area contributed by atoms with Crippen molar-refractivity contribution in [2.75, 3.05) is 5.73 Å². The standard InChI is InChI=1S/C14H19N3/c1-9-5-11(6-10(2)13(9)7-15)12-3-4-17-8-14(12)16/h3-4,8-11,13H,5-6,16H2,1-2H3/t9-,10+,11?,13?. The summed E-state index contributed by atoms with van der Waals surface area (Å²) in [6.07, 6.45) is 5.63. The molecular formula is C14H19N3. The summed E-state index contributed by atoms with van der Waals surface area (Å²) >= 11 is 0. The first kappa shape index (κ1) is 11.9. The number of hydrogen-bond donors (Lipinski definition) is 1. The van der Waals surface area contributed by atoms with Gasteiger partial charge in [0.2, 0.25) is 0 Å². The Morgan fingerprint density at radius 3 is 2.53 bits per heavy atom. The summed E-state index contributed by atoms with van der Waals surface area (Å²) in [6.45, 7) is 4.35. The number of anilines is 1. The number of pyridine rings is 1. The van der Waals surface area contributed by atoms with Crippen LogP contribution in [0.15, 0.2) is 18.5 Å². The Labute approximate surface area is 103 Å².